The Morgan fingerprint density at radius 3 is 3.00 bits per heavy atom. The molecule has 4 rings (SSSR count). The zero-order chi connectivity index (χ0) is 19.0. The van der Waals surface area contributed by atoms with Crippen LogP contribution in [0.1, 0.15) is 18.0 Å². The lowest BCUT2D eigenvalue weighted by Gasteiger charge is -2.29. The molecule has 3 N–H and O–H groups in total. The molecule has 0 radical (unpaired) electrons. The number of aromatic amines is 1. The molecular formula is C18H19Cl2FN6. The second kappa shape index (κ2) is 7.50. The minimum absolute atomic E-state index is 0.178. The first-order valence-corrected chi connectivity index (χ1v) is 9.46. The fourth-order valence-corrected chi connectivity index (χ4v) is 3.89. The Hall–Kier alpha value is -2.09. The summed E-state index contributed by atoms with van der Waals surface area (Å²) in [6, 6.07) is 6.84. The SMILES string of the molecule is CN(CCN[C@@H]1CCNc2c(Cl)cc(Cl)cc21)c1nc2nc(F)ccc2[nH]1. The van der Waals surface area contributed by atoms with Gasteiger partial charge in [0, 0.05) is 37.7 Å². The molecule has 0 saturated carbocycles. The molecule has 1 aliphatic rings. The highest BCUT2D eigenvalue weighted by atomic mass is 35.5. The van der Waals surface area contributed by atoms with Crippen molar-refractivity contribution >= 4 is 46.0 Å². The van der Waals surface area contributed by atoms with Crippen molar-refractivity contribution in [1.82, 2.24) is 20.3 Å². The molecule has 0 bridgehead atoms. The van der Waals surface area contributed by atoms with Gasteiger partial charge in [-0.3, -0.25) is 0 Å². The van der Waals surface area contributed by atoms with Gasteiger partial charge in [0.1, 0.15) is 0 Å². The first kappa shape index (κ1) is 18.3. The molecule has 27 heavy (non-hydrogen) atoms. The topological polar surface area (TPSA) is 68.9 Å². The van der Waals surface area contributed by atoms with E-state index in [0.29, 0.717) is 27.2 Å². The minimum atomic E-state index is -0.535. The van der Waals surface area contributed by atoms with Crippen molar-refractivity contribution in [2.45, 2.75) is 12.5 Å². The van der Waals surface area contributed by atoms with Gasteiger partial charge >= 0.3 is 0 Å². The molecule has 0 fully saturated rings. The highest BCUT2D eigenvalue weighted by Gasteiger charge is 2.22. The Morgan fingerprint density at radius 1 is 1.30 bits per heavy atom. The fraction of sp³-hybridized carbons (Fsp3) is 0.333. The number of nitrogens with one attached hydrogen (secondary N) is 3. The van der Waals surface area contributed by atoms with Gasteiger partial charge in [0.15, 0.2) is 5.65 Å². The number of rotatable bonds is 5. The van der Waals surface area contributed by atoms with Crippen LogP contribution in [0.25, 0.3) is 11.2 Å². The van der Waals surface area contributed by atoms with Crippen molar-refractivity contribution in [2.24, 2.45) is 0 Å². The summed E-state index contributed by atoms with van der Waals surface area (Å²) in [6.07, 6.45) is 0.946. The summed E-state index contributed by atoms with van der Waals surface area (Å²) < 4.78 is 13.2. The van der Waals surface area contributed by atoms with E-state index in [2.05, 4.69) is 25.6 Å². The Kier molecular flexibility index (Phi) is 5.08. The molecule has 1 aliphatic heterocycles. The first-order chi connectivity index (χ1) is 13.0. The van der Waals surface area contributed by atoms with Gasteiger partial charge in [0.25, 0.3) is 0 Å². The Morgan fingerprint density at radius 2 is 2.15 bits per heavy atom. The predicted octanol–water partition coefficient (Wildman–Crippen LogP) is 3.99. The summed E-state index contributed by atoms with van der Waals surface area (Å²) in [6.45, 7) is 2.31. The maximum atomic E-state index is 13.2. The molecule has 0 aliphatic carbocycles. The molecule has 0 amide bonds. The molecule has 0 saturated heterocycles. The van der Waals surface area contributed by atoms with Gasteiger partial charge in [-0.1, -0.05) is 23.2 Å². The second-order valence-electron chi connectivity index (χ2n) is 6.56. The van der Waals surface area contributed by atoms with Crippen molar-refractivity contribution < 1.29 is 4.39 Å². The average Bonchev–Trinajstić information content (AvgIpc) is 3.05. The molecule has 1 atom stereocenters. The van der Waals surface area contributed by atoms with E-state index in [1.807, 2.05) is 18.0 Å². The van der Waals surface area contributed by atoms with Crippen molar-refractivity contribution in [1.29, 1.82) is 0 Å². The predicted molar refractivity (Wildman–Crippen MR) is 107 cm³/mol. The van der Waals surface area contributed by atoms with E-state index in [1.165, 1.54) is 6.07 Å². The van der Waals surface area contributed by atoms with Crippen molar-refractivity contribution in [3.05, 3.63) is 45.8 Å². The number of aromatic nitrogens is 3. The summed E-state index contributed by atoms with van der Waals surface area (Å²) in [5, 5.41) is 8.17. The number of anilines is 2. The number of likely N-dealkylation sites (N-methyl/N-ethyl adjacent to an activating group) is 1. The summed E-state index contributed by atoms with van der Waals surface area (Å²) in [5.74, 6) is 0.119. The highest BCUT2D eigenvalue weighted by molar-refractivity contribution is 6.36. The van der Waals surface area contributed by atoms with Gasteiger partial charge in [-0.2, -0.15) is 14.4 Å². The van der Waals surface area contributed by atoms with Crippen LogP contribution in [0.5, 0.6) is 0 Å². The van der Waals surface area contributed by atoms with Crippen LogP contribution in [0.2, 0.25) is 10.0 Å². The maximum absolute atomic E-state index is 13.2. The molecule has 9 heteroatoms. The zero-order valence-corrected chi connectivity index (χ0v) is 16.2. The lowest BCUT2D eigenvalue weighted by atomic mass is 9.98. The maximum Gasteiger partial charge on any atom is 0.215 e. The van der Waals surface area contributed by atoms with Crippen LogP contribution >= 0.6 is 23.2 Å². The van der Waals surface area contributed by atoms with E-state index in [4.69, 9.17) is 23.2 Å². The Bertz CT molecular complexity index is 976. The van der Waals surface area contributed by atoms with E-state index in [9.17, 15) is 4.39 Å². The molecule has 0 unspecified atom stereocenters. The van der Waals surface area contributed by atoms with Crippen molar-refractivity contribution in [2.75, 3.05) is 36.9 Å². The van der Waals surface area contributed by atoms with Gasteiger partial charge in [-0.15, -0.1) is 0 Å². The highest BCUT2D eigenvalue weighted by Crippen LogP contribution is 2.37. The van der Waals surface area contributed by atoms with Gasteiger partial charge in [0.2, 0.25) is 11.9 Å². The fourth-order valence-electron chi connectivity index (χ4n) is 3.31. The van der Waals surface area contributed by atoms with E-state index in [-0.39, 0.29) is 6.04 Å². The normalized spacial score (nSPS) is 16.2. The summed E-state index contributed by atoms with van der Waals surface area (Å²) in [7, 11) is 1.93. The second-order valence-corrected chi connectivity index (χ2v) is 7.40. The number of nitrogens with zero attached hydrogens (tertiary/aromatic N) is 3. The van der Waals surface area contributed by atoms with Crippen LogP contribution in [0.4, 0.5) is 16.0 Å². The van der Waals surface area contributed by atoms with Gasteiger partial charge < -0.3 is 20.5 Å². The summed E-state index contributed by atoms with van der Waals surface area (Å²) in [5.41, 5.74) is 3.12. The largest absolute Gasteiger partial charge is 0.383 e. The van der Waals surface area contributed by atoms with Crippen molar-refractivity contribution in [3.63, 3.8) is 0 Å². The third kappa shape index (κ3) is 3.81. The summed E-state index contributed by atoms with van der Waals surface area (Å²) in [4.78, 5) is 13.3. The number of fused-ring (bicyclic) bond motifs is 2. The third-order valence-corrected chi connectivity index (χ3v) is 5.21. The van der Waals surface area contributed by atoms with Gasteiger partial charge in [-0.05, 0) is 36.2 Å². The first-order valence-electron chi connectivity index (χ1n) is 8.71. The molecule has 142 valence electrons. The molecule has 0 spiro atoms. The lowest BCUT2D eigenvalue weighted by molar-refractivity contribution is 0.504. The number of hydrogen-bond donors (Lipinski definition) is 3. The van der Waals surface area contributed by atoms with Gasteiger partial charge in [-0.25, -0.2) is 0 Å². The monoisotopic (exact) mass is 408 g/mol. The number of hydrogen-bond acceptors (Lipinski definition) is 5. The van der Waals surface area contributed by atoms with E-state index >= 15 is 0 Å². The standard InChI is InChI=1S/C18H19Cl2FN6/c1-27(18-24-14-2-3-15(21)25-17(14)26-18)7-6-22-13-4-5-23-16-11(13)8-10(19)9-12(16)20/h2-3,8-9,13,22-23H,4-7H2,1H3,(H,24,25,26)/t13-/m1/s1. The van der Waals surface area contributed by atoms with Gasteiger partial charge in [0.05, 0.1) is 16.2 Å². The number of imidazole rings is 1. The molecular weight excluding hydrogens is 390 g/mol. The van der Waals surface area contributed by atoms with E-state index in [0.717, 1.165) is 37.3 Å². The quantitative estimate of drug-likeness (QED) is 0.556. The lowest BCUT2D eigenvalue weighted by Crippen LogP contribution is -2.34. The zero-order valence-electron chi connectivity index (χ0n) is 14.7. The number of halogens is 3. The number of benzene rings is 1. The molecule has 3 aromatic rings. The number of H-pyrrole nitrogens is 1. The number of pyridine rings is 1. The van der Waals surface area contributed by atoms with E-state index in [1.54, 1.807) is 12.1 Å². The molecule has 1 aromatic carbocycles. The molecule has 3 heterocycles. The van der Waals surface area contributed by atoms with Crippen LogP contribution in [0.15, 0.2) is 24.3 Å². The average molecular weight is 409 g/mol. The van der Waals surface area contributed by atoms with Crippen molar-refractivity contribution in [3.8, 4) is 0 Å². The Balaban J connectivity index is 1.41. The van der Waals surface area contributed by atoms with Crippen LogP contribution < -0.4 is 15.5 Å². The Labute approximate surface area is 166 Å². The van der Waals surface area contributed by atoms with E-state index < -0.39 is 5.95 Å². The van der Waals surface area contributed by atoms with Crippen LogP contribution in [-0.2, 0) is 0 Å². The third-order valence-electron chi connectivity index (χ3n) is 4.69. The minimum Gasteiger partial charge on any atom is -0.383 e. The van der Waals surface area contributed by atoms with Crippen LogP contribution in [0, 0.1) is 5.95 Å². The molecule has 2 aromatic heterocycles. The smallest absolute Gasteiger partial charge is 0.215 e. The van der Waals surface area contributed by atoms with Crippen LogP contribution in [-0.4, -0.2) is 41.6 Å². The summed E-state index contributed by atoms with van der Waals surface area (Å²) >= 11 is 12.5. The molecule has 6 nitrogen and oxygen atoms in total. The van der Waals surface area contributed by atoms with Crippen LogP contribution in [0.3, 0.4) is 0 Å².